The molecule has 2 rings (SSSR count). The van der Waals surface area contributed by atoms with Crippen molar-refractivity contribution in [1.82, 2.24) is 0 Å². The molecule has 5 heteroatoms. The van der Waals surface area contributed by atoms with Gasteiger partial charge in [0.1, 0.15) is 0 Å². The van der Waals surface area contributed by atoms with Gasteiger partial charge in [-0.25, -0.2) is 0 Å². The molecule has 0 aromatic carbocycles. The molecule has 2 aliphatic rings. The number of ether oxygens (including phenoxy) is 1. The first-order valence-corrected chi connectivity index (χ1v) is 8.75. The van der Waals surface area contributed by atoms with Crippen LogP contribution in [0.1, 0.15) is 33.1 Å². The predicted octanol–water partition coefficient (Wildman–Crippen LogP) is 2.46. The van der Waals surface area contributed by atoms with Crippen LogP contribution >= 0.6 is 0 Å². The Hall–Kier alpha value is 0.0569. The first-order valence-electron chi connectivity index (χ1n) is 6.82. The molecular formula is C13H26O4Si. The summed E-state index contributed by atoms with van der Waals surface area (Å²) in [7, 11) is 2.63. The van der Waals surface area contributed by atoms with Crippen molar-refractivity contribution in [1.29, 1.82) is 0 Å². The van der Waals surface area contributed by atoms with Gasteiger partial charge in [0.2, 0.25) is 0 Å². The largest absolute Gasteiger partial charge is 0.500 e. The molecule has 1 aliphatic heterocycles. The smallest absolute Gasteiger partial charge is 0.377 e. The molecule has 4 nitrogen and oxygen atoms in total. The SMILES string of the molecule is CO[Si](CC(C)C1CCC2(C)OC2C1)(OC)OC. The van der Waals surface area contributed by atoms with Crippen molar-refractivity contribution in [3.05, 3.63) is 0 Å². The zero-order valence-electron chi connectivity index (χ0n) is 12.2. The van der Waals surface area contributed by atoms with Crippen LogP contribution in [0.25, 0.3) is 0 Å². The molecule has 0 amide bonds. The molecule has 4 atom stereocenters. The lowest BCUT2D eigenvalue weighted by Crippen LogP contribution is -2.45. The van der Waals surface area contributed by atoms with Crippen LogP contribution in [0.5, 0.6) is 0 Å². The van der Waals surface area contributed by atoms with Crippen LogP contribution in [0, 0.1) is 11.8 Å². The molecule has 1 saturated carbocycles. The fourth-order valence-corrected chi connectivity index (χ4v) is 5.37. The fourth-order valence-electron chi connectivity index (χ4n) is 3.25. The third-order valence-electron chi connectivity index (χ3n) is 4.87. The highest BCUT2D eigenvalue weighted by molar-refractivity contribution is 6.60. The van der Waals surface area contributed by atoms with Gasteiger partial charge >= 0.3 is 8.80 Å². The minimum absolute atomic E-state index is 0.203. The average Bonchev–Trinajstić information content (AvgIpc) is 3.06. The van der Waals surface area contributed by atoms with Crippen LogP contribution < -0.4 is 0 Å². The van der Waals surface area contributed by atoms with E-state index in [1.54, 1.807) is 21.3 Å². The van der Waals surface area contributed by atoms with Gasteiger partial charge in [-0.1, -0.05) is 6.92 Å². The molecule has 1 saturated heterocycles. The van der Waals surface area contributed by atoms with Gasteiger partial charge in [0.15, 0.2) is 0 Å². The first-order chi connectivity index (χ1) is 8.48. The Labute approximate surface area is 111 Å². The maximum atomic E-state index is 5.77. The lowest BCUT2D eigenvalue weighted by atomic mass is 9.77. The van der Waals surface area contributed by atoms with Gasteiger partial charge in [-0.3, -0.25) is 0 Å². The van der Waals surface area contributed by atoms with Crippen molar-refractivity contribution < 1.29 is 18.0 Å². The molecule has 4 unspecified atom stereocenters. The van der Waals surface area contributed by atoms with E-state index in [0.29, 0.717) is 17.9 Å². The van der Waals surface area contributed by atoms with E-state index in [-0.39, 0.29) is 5.60 Å². The van der Waals surface area contributed by atoms with Crippen LogP contribution in [-0.4, -0.2) is 41.8 Å². The Balaban J connectivity index is 1.89. The maximum absolute atomic E-state index is 5.77. The quantitative estimate of drug-likeness (QED) is 0.551. The van der Waals surface area contributed by atoms with Gasteiger partial charge in [0.25, 0.3) is 0 Å². The molecule has 0 spiro atoms. The number of hydrogen-bond acceptors (Lipinski definition) is 4. The minimum Gasteiger partial charge on any atom is -0.377 e. The summed E-state index contributed by atoms with van der Waals surface area (Å²) in [6, 6.07) is 0.893. The molecule has 2 fully saturated rings. The van der Waals surface area contributed by atoms with Crippen molar-refractivity contribution in [3.8, 4) is 0 Å². The molecule has 0 aromatic heterocycles. The molecular weight excluding hydrogens is 248 g/mol. The summed E-state index contributed by atoms with van der Waals surface area (Å²) in [5, 5.41) is 0. The summed E-state index contributed by atoms with van der Waals surface area (Å²) in [4.78, 5) is 0. The maximum Gasteiger partial charge on any atom is 0.500 e. The monoisotopic (exact) mass is 274 g/mol. The van der Waals surface area contributed by atoms with Gasteiger partial charge in [-0.05, 0) is 38.0 Å². The molecule has 1 heterocycles. The number of epoxide rings is 1. The lowest BCUT2D eigenvalue weighted by Gasteiger charge is -2.32. The summed E-state index contributed by atoms with van der Waals surface area (Å²) in [6.07, 6.45) is 4.10. The Kier molecular flexibility index (Phi) is 4.19. The second kappa shape index (κ2) is 5.21. The van der Waals surface area contributed by atoms with Crippen LogP contribution in [0.3, 0.4) is 0 Å². The zero-order chi connectivity index (χ0) is 13.4. The van der Waals surface area contributed by atoms with E-state index in [4.69, 9.17) is 18.0 Å². The minimum atomic E-state index is -2.43. The Bertz CT molecular complexity index is 286. The number of hydrogen-bond donors (Lipinski definition) is 0. The molecule has 0 N–H and O–H groups in total. The normalized spacial score (nSPS) is 37.2. The van der Waals surface area contributed by atoms with E-state index in [0.717, 1.165) is 6.04 Å². The Morgan fingerprint density at radius 3 is 2.39 bits per heavy atom. The molecule has 0 radical (unpaired) electrons. The molecule has 0 bridgehead atoms. The van der Waals surface area contributed by atoms with E-state index >= 15 is 0 Å². The summed E-state index contributed by atoms with van der Waals surface area (Å²) in [5.41, 5.74) is 0.203. The summed E-state index contributed by atoms with van der Waals surface area (Å²) in [5.74, 6) is 1.27. The van der Waals surface area contributed by atoms with Gasteiger partial charge in [0.05, 0.1) is 11.7 Å². The highest BCUT2D eigenvalue weighted by atomic mass is 28.4. The van der Waals surface area contributed by atoms with Gasteiger partial charge in [0, 0.05) is 27.4 Å². The topological polar surface area (TPSA) is 40.2 Å². The predicted molar refractivity (Wildman–Crippen MR) is 71.4 cm³/mol. The Morgan fingerprint density at radius 1 is 1.28 bits per heavy atom. The van der Waals surface area contributed by atoms with Crippen molar-refractivity contribution in [3.63, 3.8) is 0 Å². The van der Waals surface area contributed by atoms with Gasteiger partial charge in [-0.15, -0.1) is 0 Å². The highest BCUT2D eigenvalue weighted by Gasteiger charge is 2.56. The first kappa shape index (κ1) is 14.5. The molecule has 0 aromatic rings. The van der Waals surface area contributed by atoms with Crippen LogP contribution in [0.15, 0.2) is 0 Å². The number of fused-ring (bicyclic) bond motifs is 1. The van der Waals surface area contributed by atoms with Crippen molar-refractivity contribution in [2.45, 2.75) is 50.9 Å². The summed E-state index contributed by atoms with van der Waals surface area (Å²) < 4.78 is 22.3. The fraction of sp³-hybridized carbons (Fsp3) is 1.00. The van der Waals surface area contributed by atoms with Crippen LogP contribution in [0.2, 0.25) is 6.04 Å². The zero-order valence-corrected chi connectivity index (χ0v) is 13.2. The van der Waals surface area contributed by atoms with Crippen molar-refractivity contribution >= 4 is 8.80 Å². The second-order valence-electron chi connectivity index (χ2n) is 5.93. The third-order valence-corrected chi connectivity index (χ3v) is 7.88. The molecule has 1 aliphatic carbocycles. The van der Waals surface area contributed by atoms with Gasteiger partial charge in [-0.2, -0.15) is 0 Å². The summed E-state index contributed by atoms with van der Waals surface area (Å²) in [6.45, 7) is 4.52. The van der Waals surface area contributed by atoms with E-state index < -0.39 is 8.80 Å². The van der Waals surface area contributed by atoms with E-state index in [1.165, 1.54) is 19.3 Å². The Morgan fingerprint density at radius 2 is 1.89 bits per heavy atom. The molecule has 18 heavy (non-hydrogen) atoms. The number of rotatable bonds is 6. The third kappa shape index (κ3) is 2.65. The van der Waals surface area contributed by atoms with Gasteiger partial charge < -0.3 is 18.0 Å². The second-order valence-corrected chi connectivity index (χ2v) is 8.93. The van der Waals surface area contributed by atoms with Crippen molar-refractivity contribution in [2.75, 3.05) is 21.3 Å². The van der Waals surface area contributed by atoms with E-state index in [1.807, 2.05) is 0 Å². The van der Waals surface area contributed by atoms with Crippen LogP contribution in [-0.2, 0) is 18.0 Å². The van der Waals surface area contributed by atoms with E-state index in [9.17, 15) is 0 Å². The summed E-state index contributed by atoms with van der Waals surface area (Å²) >= 11 is 0. The standard InChI is InChI=1S/C13H26O4Si/c1-10(9-18(14-3,15-4)16-5)11-6-7-13(2)12(8-11)17-13/h10-12H,6-9H2,1-5H3. The van der Waals surface area contributed by atoms with Crippen molar-refractivity contribution in [2.24, 2.45) is 11.8 Å². The van der Waals surface area contributed by atoms with E-state index in [2.05, 4.69) is 13.8 Å². The lowest BCUT2D eigenvalue weighted by molar-refractivity contribution is 0.112. The van der Waals surface area contributed by atoms with Crippen LogP contribution in [0.4, 0.5) is 0 Å². The average molecular weight is 274 g/mol. The highest BCUT2D eigenvalue weighted by Crippen LogP contribution is 2.51. The molecule has 106 valence electrons.